The van der Waals surface area contributed by atoms with Crippen LogP contribution in [0.2, 0.25) is 0 Å². The van der Waals surface area contributed by atoms with Crippen molar-refractivity contribution in [1.29, 1.82) is 0 Å². The van der Waals surface area contributed by atoms with Crippen LogP contribution in [0.4, 0.5) is 0 Å². The molecule has 39 heavy (non-hydrogen) atoms. The van der Waals surface area contributed by atoms with E-state index in [1.54, 1.807) is 0 Å². The maximum atomic E-state index is 13.6. The van der Waals surface area contributed by atoms with E-state index in [2.05, 4.69) is 26.1 Å². The molecule has 214 valence electrons. The summed E-state index contributed by atoms with van der Waals surface area (Å²) in [5.74, 6) is 1.37. The largest absolute Gasteiger partial charge is 0.480 e. The summed E-state index contributed by atoms with van der Waals surface area (Å²) in [6.07, 6.45) is 8.81. The number of nitrogens with one attached hydrogen (secondary N) is 1. The molecular weight excluding hydrogens is 490 g/mol. The molecule has 0 aromatic heterocycles. The molecule has 1 amide bonds. The highest BCUT2D eigenvalue weighted by molar-refractivity contribution is 5.84. The molecule has 5 rings (SSSR count). The van der Waals surface area contributed by atoms with E-state index < -0.39 is 12.0 Å². The van der Waals surface area contributed by atoms with E-state index in [0.29, 0.717) is 48.2 Å². The van der Waals surface area contributed by atoms with Gasteiger partial charge in [0.05, 0.1) is 6.10 Å². The number of hydrogen-bond acceptors (Lipinski definition) is 4. The summed E-state index contributed by atoms with van der Waals surface area (Å²) in [5, 5.41) is 22.7. The van der Waals surface area contributed by atoms with Crippen molar-refractivity contribution in [2.75, 3.05) is 0 Å². The van der Waals surface area contributed by atoms with Gasteiger partial charge in [0.25, 0.3) is 0 Å². The summed E-state index contributed by atoms with van der Waals surface area (Å²) < 4.78 is 0. The van der Waals surface area contributed by atoms with Gasteiger partial charge in [0.2, 0.25) is 5.91 Å². The first-order chi connectivity index (χ1) is 18.5. The van der Waals surface area contributed by atoms with Crippen molar-refractivity contribution in [2.45, 2.75) is 104 Å². The Labute approximate surface area is 233 Å². The minimum atomic E-state index is -1.01. The van der Waals surface area contributed by atoms with E-state index in [1.165, 1.54) is 0 Å². The number of hydrogen-bond donors (Lipinski definition) is 3. The van der Waals surface area contributed by atoms with E-state index in [1.807, 2.05) is 30.3 Å². The zero-order valence-electron chi connectivity index (χ0n) is 23.9. The number of amides is 1. The first-order valence-corrected chi connectivity index (χ1v) is 15.3. The molecule has 3 N–H and O–H groups in total. The molecular formula is C33H47NO5. The zero-order valence-corrected chi connectivity index (χ0v) is 23.9. The van der Waals surface area contributed by atoms with Gasteiger partial charge in [-0.3, -0.25) is 9.59 Å². The highest BCUT2D eigenvalue weighted by Gasteiger charge is 2.63. The van der Waals surface area contributed by atoms with E-state index in [-0.39, 0.29) is 35.2 Å². The quantitative estimate of drug-likeness (QED) is 0.411. The van der Waals surface area contributed by atoms with Gasteiger partial charge in [0.1, 0.15) is 11.8 Å². The Morgan fingerprint density at radius 3 is 2.44 bits per heavy atom. The van der Waals surface area contributed by atoms with Gasteiger partial charge in [0.15, 0.2) is 0 Å². The van der Waals surface area contributed by atoms with E-state index in [9.17, 15) is 24.6 Å². The van der Waals surface area contributed by atoms with Crippen LogP contribution in [0.3, 0.4) is 0 Å². The van der Waals surface area contributed by atoms with Gasteiger partial charge >= 0.3 is 5.97 Å². The lowest BCUT2D eigenvalue weighted by Crippen LogP contribution is -2.57. The second kappa shape index (κ2) is 11.0. The molecule has 0 aliphatic heterocycles. The number of aliphatic hydroxyl groups excluding tert-OH is 1. The van der Waals surface area contributed by atoms with Crippen molar-refractivity contribution in [1.82, 2.24) is 5.32 Å². The monoisotopic (exact) mass is 537 g/mol. The second-order valence-corrected chi connectivity index (χ2v) is 13.9. The molecule has 1 aromatic carbocycles. The maximum Gasteiger partial charge on any atom is 0.326 e. The number of benzene rings is 1. The number of carbonyl (C=O) groups excluding carboxylic acids is 2. The molecule has 1 aromatic rings. The molecule has 4 aliphatic rings. The van der Waals surface area contributed by atoms with Crippen molar-refractivity contribution >= 4 is 17.7 Å². The topological polar surface area (TPSA) is 104 Å². The van der Waals surface area contributed by atoms with Crippen LogP contribution in [-0.2, 0) is 20.8 Å². The third-order valence-corrected chi connectivity index (χ3v) is 11.9. The van der Waals surface area contributed by atoms with Gasteiger partial charge in [-0.1, -0.05) is 51.1 Å². The summed E-state index contributed by atoms with van der Waals surface area (Å²) in [5.41, 5.74) is 1.17. The first kappa shape index (κ1) is 28.3. The number of rotatable bonds is 8. The van der Waals surface area contributed by atoms with Gasteiger partial charge in [-0.05, 0) is 97.3 Å². The normalized spacial score (nSPS) is 39.1. The van der Waals surface area contributed by atoms with Crippen molar-refractivity contribution in [3.63, 3.8) is 0 Å². The molecule has 0 unspecified atom stereocenters. The third kappa shape index (κ3) is 5.30. The number of aliphatic hydroxyl groups is 1. The Bertz CT molecular complexity index is 1070. The number of ketones is 1. The molecule has 4 fully saturated rings. The molecule has 0 bridgehead atoms. The summed E-state index contributed by atoms with van der Waals surface area (Å²) in [7, 11) is 0. The lowest BCUT2D eigenvalue weighted by molar-refractivity contribution is -0.160. The van der Waals surface area contributed by atoms with Crippen LogP contribution >= 0.6 is 0 Å². The zero-order chi connectivity index (χ0) is 27.9. The number of carboxylic acid groups (broad SMARTS) is 1. The molecule has 6 nitrogen and oxygen atoms in total. The number of carbonyl (C=O) groups is 3. The van der Waals surface area contributed by atoms with Crippen molar-refractivity contribution in [3.8, 4) is 0 Å². The minimum Gasteiger partial charge on any atom is -0.480 e. The molecule has 4 aliphatic carbocycles. The molecule has 0 heterocycles. The van der Waals surface area contributed by atoms with Crippen molar-refractivity contribution in [2.24, 2.45) is 46.3 Å². The fraction of sp³-hybridized carbons (Fsp3) is 0.727. The Morgan fingerprint density at radius 1 is 1.03 bits per heavy atom. The maximum absolute atomic E-state index is 13.6. The number of Topliss-reactive ketones (excluding diaryl/α,β-unsaturated/α-hetero) is 1. The lowest BCUT2D eigenvalue weighted by atomic mass is 9.44. The Morgan fingerprint density at radius 2 is 1.72 bits per heavy atom. The third-order valence-electron chi connectivity index (χ3n) is 11.9. The van der Waals surface area contributed by atoms with E-state index in [4.69, 9.17) is 0 Å². The Hall–Kier alpha value is -2.21. The molecule has 0 radical (unpaired) electrons. The minimum absolute atomic E-state index is 0.112. The standard InChI is InChI=1S/C33H47NO5/c1-20(9-12-29(37)34-27(31(38)39)17-21-7-5-4-6-8-21)24-10-11-25-30-26(14-16-33(24,25)3)32(2)15-13-23(35)18-22(32)19-28(30)36/h4-8,20,22-27,30,35H,9-19H2,1-3H3,(H,34,37)(H,38,39)/t20-,22+,23-,24-,25+,26+,27+,30+,32+,33-/m1/s1. The average Bonchev–Trinajstić information content (AvgIpc) is 3.25. The van der Waals surface area contributed by atoms with Crippen LogP contribution in [0.1, 0.15) is 90.5 Å². The SMILES string of the molecule is C[C@H](CCC(=O)N[C@@H](Cc1ccccc1)C(=O)O)[C@H]1CC[C@H]2[C@@H]3C(=O)C[C@@H]4C[C@H](O)CC[C@]4(C)[C@H]3CC[C@]12C. The van der Waals surface area contributed by atoms with Crippen LogP contribution < -0.4 is 5.32 Å². The Balaban J connectivity index is 1.20. The summed E-state index contributed by atoms with van der Waals surface area (Å²) >= 11 is 0. The fourth-order valence-electron chi connectivity index (χ4n) is 9.76. The van der Waals surface area contributed by atoms with Crippen LogP contribution in [0.15, 0.2) is 30.3 Å². The van der Waals surface area contributed by atoms with Crippen molar-refractivity contribution in [3.05, 3.63) is 35.9 Å². The smallest absolute Gasteiger partial charge is 0.326 e. The molecule has 0 spiro atoms. The summed E-state index contributed by atoms with van der Waals surface area (Å²) in [4.78, 5) is 38.2. The molecule has 6 heteroatoms. The van der Waals surface area contributed by atoms with Crippen LogP contribution in [-0.4, -0.2) is 40.0 Å². The lowest BCUT2D eigenvalue weighted by Gasteiger charge is -2.60. The number of fused-ring (bicyclic) bond motifs is 5. The molecule has 10 atom stereocenters. The van der Waals surface area contributed by atoms with Crippen LogP contribution in [0.25, 0.3) is 0 Å². The van der Waals surface area contributed by atoms with Crippen molar-refractivity contribution < 1.29 is 24.6 Å². The van der Waals surface area contributed by atoms with Gasteiger partial charge in [0, 0.05) is 25.2 Å². The predicted octanol–water partition coefficient (Wildman–Crippen LogP) is 5.41. The highest BCUT2D eigenvalue weighted by Crippen LogP contribution is 2.67. The van der Waals surface area contributed by atoms with E-state index >= 15 is 0 Å². The fourth-order valence-corrected chi connectivity index (χ4v) is 9.76. The van der Waals surface area contributed by atoms with Crippen LogP contribution in [0, 0.1) is 46.3 Å². The first-order valence-electron chi connectivity index (χ1n) is 15.3. The van der Waals surface area contributed by atoms with Gasteiger partial charge in [-0.15, -0.1) is 0 Å². The number of carboxylic acids is 1. The Kier molecular flexibility index (Phi) is 7.98. The summed E-state index contributed by atoms with van der Waals surface area (Å²) in [6.45, 7) is 7.07. The predicted molar refractivity (Wildman–Crippen MR) is 150 cm³/mol. The molecule has 4 saturated carbocycles. The van der Waals surface area contributed by atoms with Gasteiger partial charge in [-0.2, -0.15) is 0 Å². The highest BCUT2D eigenvalue weighted by atomic mass is 16.4. The number of aliphatic carboxylic acids is 1. The molecule has 0 saturated heterocycles. The van der Waals surface area contributed by atoms with Gasteiger partial charge < -0.3 is 15.5 Å². The second-order valence-electron chi connectivity index (χ2n) is 13.9. The van der Waals surface area contributed by atoms with Gasteiger partial charge in [-0.25, -0.2) is 4.79 Å². The average molecular weight is 538 g/mol. The van der Waals surface area contributed by atoms with Crippen LogP contribution in [0.5, 0.6) is 0 Å². The van der Waals surface area contributed by atoms with E-state index in [0.717, 1.165) is 56.9 Å². The summed E-state index contributed by atoms with van der Waals surface area (Å²) in [6, 6.07) is 8.47.